The van der Waals surface area contributed by atoms with Crippen LogP contribution in [0.25, 0.3) is 0 Å². The maximum atomic E-state index is 11.4. The summed E-state index contributed by atoms with van der Waals surface area (Å²) >= 11 is 3.88. The number of nitrogens with one attached hydrogen (secondary N) is 1. The molecule has 1 aromatic rings. The van der Waals surface area contributed by atoms with E-state index in [9.17, 15) is 19.8 Å². The maximum absolute atomic E-state index is 11.4. The summed E-state index contributed by atoms with van der Waals surface area (Å²) in [4.78, 5) is 22.7. The minimum absolute atomic E-state index is 0.101. The molecule has 0 aliphatic carbocycles. The Morgan fingerprint density at radius 3 is 2.47 bits per heavy atom. The van der Waals surface area contributed by atoms with Gasteiger partial charge in [0.2, 0.25) is 0 Å². The molecule has 0 spiro atoms. The van der Waals surface area contributed by atoms with Crippen LogP contribution in [0.1, 0.15) is 32.4 Å². The van der Waals surface area contributed by atoms with Gasteiger partial charge in [0.1, 0.15) is 6.10 Å². The first-order valence-electron chi connectivity index (χ1n) is 5.01. The van der Waals surface area contributed by atoms with Gasteiger partial charge in [-0.3, -0.25) is 14.9 Å². The molecule has 0 saturated heterocycles. The molecule has 1 aromatic carbocycles. The van der Waals surface area contributed by atoms with Crippen molar-refractivity contribution in [3.05, 3.63) is 34.9 Å². The monoisotopic (exact) mass is 253 g/mol. The van der Waals surface area contributed by atoms with Crippen molar-refractivity contribution < 1.29 is 19.8 Å². The fourth-order valence-electron chi connectivity index (χ4n) is 1.69. The molecule has 1 heterocycles. The van der Waals surface area contributed by atoms with Crippen LogP contribution in [0.3, 0.4) is 0 Å². The standard InChI is InChI=1S/C11H11NO4S/c13-8(4-17)9(14)5-1-2-6-7(3-5)11(16)12-10(6)15/h1-3,8-9,13-14,17H,4H2,(H,12,15,16). The van der Waals surface area contributed by atoms with Gasteiger partial charge in [-0.2, -0.15) is 12.6 Å². The zero-order valence-corrected chi connectivity index (χ0v) is 9.65. The van der Waals surface area contributed by atoms with Crippen molar-refractivity contribution in [3.63, 3.8) is 0 Å². The fourth-order valence-corrected chi connectivity index (χ4v) is 1.89. The van der Waals surface area contributed by atoms with E-state index in [0.29, 0.717) is 5.56 Å². The highest BCUT2D eigenvalue weighted by atomic mass is 32.1. The van der Waals surface area contributed by atoms with Gasteiger partial charge in [0.05, 0.1) is 17.2 Å². The second-order valence-corrected chi connectivity index (χ2v) is 4.15. The molecule has 0 fully saturated rings. The molecule has 0 radical (unpaired) electrons. The number of hydrogen-bond acceptors (Lipinski definition) is 5. The molecular weight excluding hydrogens is 242 g/mol. The Morgan fingerprint density at radius 2 is 1.82 bits per heavy atom. The number of imide groups is 1. The van der Waals surface area contributed by atoms with E-state index < -0.39 is 24.0 Å². The van der Waals surface area contributed by atoms with Crippen LogP contribution in [0.4, 0.5) is 0 Å². The van der Waals surface area contributed by atoms with Gasteiger partial charge in [-0.15, -0.1) is 0 Å². The van der Waals surface area contributed by atoms with E-state index in [4.69, 9.17) is 0 Å². The van der Waals surface area contributed by atoms with Crippen molar-refractivity contribution in [1.29, 1.82) is 0 Å². The molecule has 1 aliphatic rings. The zero-order chi connectivity index (χ0) is 12.6. The lowest BCUT2D eigenvalue weighted by atomic mass is 10.00. The van der Waals surface area contributed by atoms with E-state index in [1.165, 1.54) is 18.2 Å². The first-order valence-corrected chi connectivity index (χ1v) is 5.64. The van der Waals surface area contributed by atoms with Gasteiger partial charge in [-0.05, 0) is 17.7 Å². The third-order valence-corrected chi connectivity index (χ3v) is 3.03. The topological polar surface area (TPSA) is 86.6 Å². The molecule has 0 saturated carbocycles. The minimum atomic E-state index is -1.12. The van der Waals surface area contributed by atoms with Crippen LogP contribution in [0.15, 0.2) is 18.2 Å². The molecule has 0 aromatic heterocycles. The fraction of sp³-hybridized carbons (Fsp3) is 0.273. The van der Waals surface area contributed by atoms with E-state index in [0.717, 1.165) is 0 Å². The number of fused-ring (bicyclic) bond motifs is 1. The van der Waals surface area contributed by atoms with Crippen LogP contribution in [0, 0.1) is 0 Å². The Morgan fingerprint density at radius 1 is 1.18 bits per heavy atom. The predicted octanol–water partition coefficient (Wildman–Crippen LogP) is -0.106. The number of amides is 2. The molecular formula is C11H11NO4S. The highest BCUT2D eigenvalue weighted by Crippen LogP contribution is 2.23. The van der Waals surface area contributed by atoms with Crippen molar-refractivity contribution >= 4 is 24.4 Å². The molecule has 1 aliphatic heterocycles. The third-order valence-electron chi connectivity index (χ3n) is 2.65. The van der Waals surface area contributed by atoms with Gasteiger partial charge in [0.15, 0.2) is 0 Å². The van der Waals surface area contributed by atoms with Crippen molar-refractivity contribution in [2.45, 2.75) is 12.2 Å². The summed E-state index contributed by atoms with van der Waals surface area (Å²) in [6, 6.07) is 4.38. The molecule has 17 heavy (non-hydrogen) atoms. The van der Waals surface area contributed by atoms with E-state index in [1.807, 2.05) is 0 Å². The van der Waals surface area contributed by atoms with Gasteiger partial charge < -0.3 is 10.2 Å². The Labute approximate surface area is 103 Å². The van der Waals surface area contributed by atoms with E-state index >= 15 is 0 Å². The van der Waals surface area contributed by atoms with Gasteiger partial charge in [0.25, 0.3) is 11.8 Å². The SMILES string of the molecule is O=C1NC(=O)c2cc(C(O)C(O)CS)ccc21. The summed E-state index contributed by atoms with van der Waals surface area (Å²) < 4.78 is 0. The second-order valence-electron chi connectivity index (χ2n) is 3.78. The highest BCUT2D eigenvalue weighted by molar-refractivity contribution is 7.80. The molecule has 2 amide bonds. The largest absolute Gasteiger partial charge is 0.389 e. The number of aliphatic hydroxyl groups excluding tert-OH is 2. The van der Waals surface area contributed by atoms with Crippen molar-refractivity contribution in [3.8, 4) is 0 Å². The zero-order valence-electron chi connectivity index (χ0n) is 8.75. The van der Waals surface area contributed by atoms with Crippen molar-refractivity contribution in [2.24, 2.45) is 0 Å². The normalized spacial score (nSPS) is 17.6. The molecule has 6 heteroatoms. The van der Waals surface area contributed by atoms with Crippen LogP contribution in [-0.4, -0.2) is 33.9 Å². The minimum Gasteiger partial charge on any atom is -0.389 e. The smallest absolute Gasteiger partial charge is 0.258 e. The lowest BCUT2D eigenvalue weighted by Crippen LogP contribution is -2.20. The Bertz CT molecular complexity index is 488. The van der Waals surface area contributed by atoms with Gasteiger partial charge in [-0.1, -0.05) is 6.07 Å². The molecule has 90 valence electrons. The molecule has 3 N–H and O–H groups in total. The quantitative estimate of drug-likeness (QED) is 0.447. The average molecular weight is 253 g/mol. The van der Waals surface area contributed by atoms with Gasteiger partial charge >= 0.3 is 0 Å². The number of benzene rings is 1. The number of carbonyl (C=O) groups excluding carboxylic acids is 2. The molecule has 5 nitrogen and oxygen atoms in total. The number of thiol groups is 1. The Kier molecular flexibility index (Phi) is 3.19. The van der Waals surface area contributed by atoms with Crippen LogP contribution in [-0.2, 0) is 0 Å². The molecule has 0 bridgehead atoms. The average Bonchev–Trinajstić information content (AvgIpc) is 2.62. The Balaban J connectivity index is 2.38. The summed E-state index contributed by atoms with van der Waals surface area (Å²) in [7, 11) is 0. The summed E-state index contributed by atoms with van der Waals surface area (Å²) in [5.74, 6) is -0.830. The van der Waals surface area contributed by atoms with Crippen LogP contribution < -0.4 is 5.32 Å². The number of rotatable bonds is 3. The van der Waals surface area contributed by atoms with E-state index in [2.05, 4.69) is 17.9 Å². The number of aliphatic hydroxyl groups is 2. The summed E-state index contributed by atoms with van der Waals surface area (Å²) in [5, 5.41) is 21.4. The number of carbonyl (C=O) groups is 2. The molecule has 2 rings (SSSR count). The molecule has 2 unspecified atom stereocenters. The first kappa shape index (κ1) is 12.1. The van der Waals surface area contributed by atoms with E-state index in [1.54, 1.807) is 0 Å². The van der Waals surface area contributed by atoms with Gasteiger partial charge in [0, 0.05) is 5.75 Å². The van der Waals surface area contributed by atoms with Crippen LogP contribution in [0.5, 0.6) is 0 Å². The summed E-state index contributed by atoms with van der Waals surface area (Å²) in [5.41, 5.74) is 0.888. The van der Waals surface area contributed by atoms with Crippen molar-refractivity contribution in [2.75, 3.05) is 5.75 Å². The predicted molar refractivity (Wildman–Crippen MR) is 63.1 cm³/mol. The number of hydrogen-bond donors (Lipinski definition) is 4. The van der Waals surface area contributed by atoms with Crippen LogP contribution in [0.2, 0.25) is 0 Å². The summed E-state index contributed by atoms with van der Waals surface area (Å²) in [6.07, 6.45) is -2.14. The van der Waals surface area contributed by atoms with E-state index in [-0.39, 0.29) is 16.9 Å². The van der Waals surface area contributed by atoms with Crippen LogP contribution >= 0.6 is 12.6 Å². The van der Waals surface area contributed by atoms with Crippen molar-refractivity contribution in [1.82, 2.24) is 5.32 Å². The third kappa shape index (κ3) is 2.06. The summed E-state index contributed by atoms with van der Waals surface area (Å²) in [6.45, 7) is 0. The second kappa shape index (κ2) is 4.48. The lowest BCUT2D eigenvalue weighted by Gasteiger charge is -2.16. The molecule has 2 atom stereocenters. The maximum Gasteiger partial charge on any atom is 0.258 e. The first-order chi connectivity index (χ1) is 8.04. The Hall–Kier alpha value is -1.37. The van der Waals surface area contributed by atoms with Gasteiger partial charge in [-0.25, -0.2) is 0 Å². The lowest BCUT2D eigenvalue weighted by molar-refractivity contribution is 0.0337. The highest BCUT2D eigenvalue weighted by Gasteiger charge is 2.28.